The van der Waals surface area contributed by atoms with Gasteiger partial charge in [0.2, 0.25) is 0 Å². The second-order valence-corrected chi connectivity index (χ2v) is 6.43. The molecule has 0 saturated carbocycles. The summed E-state index contributed by atoms with van der Waals surface area (Å²) in [7, 11) is 0. The number of aryl methyl sites for hydroxylation is 2. The van der Waals surface area contributed by atoms with Crippen LogP contribution in [-0.4, -0.2) is 21.3 Å². The quantitative estimate of drug-likeness (QED) is 0.909. The topological polar surface area (TPSA) is 42.7 Å². The molecule has 0 bridgehead atoms. The summed E-state index contributed by atoms with van der Waals surface area (Å²) in [6, 6.07) is 2.12. The van der Waals surface area contributed by atoms with Crippen LogP contribution in [0.25, 0.3) is 5.82 Å². The Labute approximate surface area is 128 Å². The number of pyridine rings is 1. The van der Waals surface area contributed by atoms with E-state index in [1.165, 1.54) is 11.1 Å². The largest absolute Gasteiger partial charge is 0.312 e. The number of nitrogens with zero attached hydrogens (tertiary/aromatic N) is 3. The third-order valence-electron chi connectivity index (χ3n) is 3.08. The number of rotatable bonds is 5. The molecule has 0 aliphatic heterocycles. The predicted molar refractivity (Wildman–Crippen MR) is 85.1 cm³/mol. The first-order valence-corrected chi connectivity index (χ1v) is 7.65. The molecule has 0 fully saturated rings. The first-order valence-electron chi connectivity index (χ1n) is 6.85. The van der Waals surface area contributed by atoms with E-state index >= 15 is 0 Å². The third-order valence-corrected chi connectivity index (χ3v) is 3.49. The van der Waals surface area contributed by atoms with Gasteiger partial charge in [0.1, 0.15) is 0 Å². The minimum absolute atomic E-state index is 0.635. The highest BCUT2D eigenvalue weighted by atomic mass is 79.9. The van der Waals surface area contributed by atoms with E-state index in [1.807, 2.05) is 17.8 Å². The molecule has 0 atom stereocenters. The van der Waals surface area contributed by atoms with Gasteiger partial charge in [-0.25, -0.2) is 9.67 Å². The van der Waals surface area contributed by atoms with Crippen LogP contribution in [0.1, 0.15) is 30.7 Å². The van der Waals surface area contributed by atoms with Crippen molar-refractivity contribution in [2.24, 2.45) is 5.92 Å². The minimum atomic E-state index is 0.635. The summed E-state index contributed by atoms with van der Waals surface area (Å²) in [6.07, 6.45) is 3.72. The van der Waals surface area contributed by atoms with Crippen molar-refractivity contribution in [1.82, 2.24) is 20.1 Å². The molecule has 2 aromatic rings. The van der Waals surface area contributed by atoms with Crippen molar-refractivity contribution in [3.05, 3.63) is 39.8 Å². The number of hydrogen-bond donors (Lipinski definition) is 1. The van der Waals surface area contributed by atoms with E-state index in [-0.39, 0.29) is 0 Å². The highest BCUT2D eigenvalue weighted by molar-refractivity contribution is 9.10. The smallest absolute Gasteiger partial charge is 0.158 e. The van der Waals surface area contributed by atoms with E-state index in [2.05, 4.69) is 58.2 Å². The maximum Gasteiger partial charge on any atom is 0.158 e. The maximum absolute atomic E-state index is 4.65. The number of hydrogen-bond acceptors (Lipinski definition) is 3. The zero-order valence-electron chi connectivity index (χ0n) is 12.4. The van der Waals surface area contributed by atoms with E-state index in [0.717, 1.165) is 29.1 Å². The van der Waals surface area contributed by atoms with E-state index < -0.39 is 0 Å². The molecular formula is C15H21BrN4. The molecule has 0 unspecified atom stereocenters. The van der Waals surface area contributed by atoms with E-state index in [0.29, 0.717) is 5.92 Å². The molecule has 5 heteroatoms. The molecule has 0 radical (unpaired) electrons. The molecule has 0 saturated heterocycles. The van der Waals surface area contributed by atoms with Crippen molar-refractivity contribution in [3.63, 3.8) is 0 Å². The van der Waals surface area contributed by atoms with Crippen molar-refractivity contribution in [2.45, 2.75) is 34.2 Å². The summed E-state index contributed by atoms with van der Waals surface area (Å²) in [6.45, 7) is 10.4. The zero-order chi connectivity index (χ0) is 14.7. The van der Waals surface area contributed by atoms with Gasteiger partial charge in [-0.15, -0.1) is 0 Å². The molecule has 0 aliphatic carbocycles. The maximum atomic E-state index is 4.65. The van der Waals surface area contributed by atoms with E-state index in [1.54, 1.807) is 6.20 Å². The molecule has 20 heavy (non-hydrogen) atoms. The van der Waals surface area contributed by atoms with Crippen LogP contribution in [0.4, 0.5) is 0 Å². The normalized spacial score (nSPS) is 11.3. The summed E-state index contributed by atoms with van der Waals surface area (Å²) in [5.74, 6) is 1.54. The molecule has 0 aromatic carbocycles. The average molecular weight is 337 g/mol. The highest BCUT2D eigenvalue weighted by Crippen LogP contribution is 2.19. The molecular weight excluding hydrogens is 316 g/mol. The van der Waals surface area contributed by atoms with Crippen LogP contribution in [-0.2, 0) is 6.54 Å². The Morgan fingerprint density at radius 1 is 1.35 bits per heavy atom. The molecule has 2 heterocycles. The Kier molecular flexibility index (Phi) is 4.94. The highest BCUT2D eigenvalue weighted by Gasteiger charge is 2.12. The van der Waals surface area contributed by atoms with Gasteiger partial charge in [-0.3, -0.25) is 0 Å². The standard InChI is InChI=1S/C15H21BrN4/c1-10(2)6-17-8-14-11(3)5-12(4)19-15(14)20-9-13(16)7-18-20/h5,7,9-10,17H,6,8H2,1-4H3. The predicted octanol–water partition coefficient (Wildman–Crippen LogP) is 3.39. The van der Waals surface area contributed by atoms with Crippen molar-refractivity contribution in [2.75, 3.05) is 6.54 Å². The lowest BCUT2D eigenvalue weighted by atomic mass is 10.1. The van der Waals surface area contributed by atoms with Gasteiger partial charge in [-0.1, -0.05) is 13.8 Å². The van der Waals surface area contributed by atoms with E-state index in [4.69, 9.17) is 0 Å². The Morgan fingerprint density at radius 2 is 2.10 bits per heavy atom. The van der Waals surface area contributed by atoms with E-state index in [9.17, 15) is 0 Å². The number of nitrogens with one attached hydrogen (secondary N) is 1. The van der Waals surface area contributed by atoms with Gasteiger partial charge in [-0.05, 0) is 53.9 Å². The molecule has 4 nitrogen and oxygen atoms in total. The molecule has 0 aliphatic rings. The van der Waals surface area contributed by atoms with Gasteiger partial charge in [-0.2, -0.15) is 5.10 Å². The summed E-state index contributed by atoms with van der Waals surface area (Å²) in [5, 5.41) is 7.84. The van der Waals surface area contributed by atoms with Crippen LogP contribution in [0, 0.1) is 19.8 Å². The molecule has 1 N–H and O–H groups in total. The van der Waals surface area contributed by atoms with Gasteiger partial charge < -0.3 is 5.32 Å². The summed E-state index contributed by atoms with van der Waals surface area (Å²) in [4.78, 5) is 4.65. The van der Waals surface area contributed by atoms with Crippen LogP contribution in [0.5, 0.6) is 0 Å². The van der Waals surface area contributed by atoms with Crippen LogP contribution < -0.4 is 5.32 Å². The first-order chi connectivity index (χ1) is 9.47. The van der Waals surface area contributed by atoms with Gasteiger partial charge in [0, 0.05) is 24.0 Å². The Balaban J connectivity index is 2.33. The lowest BCUT2D eigenvalue weighted by Gasteiger charge is -2.14. The fraction of sp³-hybridized carbons (Fsp3) is 0.467. The van der Waals surface area contributed by atoms with Crippen molar-refractivity contribution in [1.29, 1.82) is 0 Å². The second-order valence-electron chi connectivity index (χ2n) is 5.51. The van der Waals surface area contributed by atoms with Crippen LogP contribution in [0.2, 0.25) is 0 Å². The van der Waals surface area contributed by atoms with Crippen LogP contribution in [0.15, 0.2) is 22.9 Å². The molecule has 2 aromatic heterocycles. The molecule has 0 spiro atoms. The fourth-order valence-corrected chi connectivity index (χ4v) is 2.44. The van der Waals surface area contributed by atoms with Crippen molar-refractivity contribution < 1.29 is 0 Å². The first kappa shape index (κ1) is 15.2. The van der Waals surface area contributed by atoms with Gasteiger partial charge in [0.15, 0.2) is 5.82 Å². The molecule has 108 valence electrons. The summed E-state index contributed by atoms with van der Waals surface area (Å²) >= 11 is 3.44. The molecule has 0 amide bonds. The average Bonchev–Trinajstić information content (AvgIpc) is 2.77. The fourth-order valence-electron chi connectivity index (χ4n) is 2.15. The monoisotopic (exact) mass is 336 g/mol. The lowest BCUT2D eigenvalue weighted by Crippen LogP contribution is -2.21. The lowest BCUT2D eigenvalue weighted by molar-refractivity contribution is 0.549. The SMILES string of the molecule is Cc1cc(C)c(CNCC(C)C)c(-n2cc(Br)cn2)n1. The van der Waals surface area contributed by atoms with Crippen molar-refractivity contribution >= 4 is 15.9 Å². The Bertz CT molecular complexity index is 590. The van der Waals surface area contributed by atoms with Gasteiger partial charge in [0.05, 0.1) is 10.7 Å². The summed E-state index contributed by atoms with van der Waals surface area (Å²) < 4.78 is 2.79. The number of halogens is 1. The number of aromatic nitrogens is 3. The molecule has 2 rings (SSSR count). The van der Waals surface area contributed by atoms with Gasteiger partial charge in [0.25, 0.3) is 0 Å². The third kappa shape index (κ3) is 3.67. The van der Waals surface area contributed by atoms with Crippen LogP contribution in [0.3, 0.4) is 0 Å². The summed E-state index contributed by atoms with van der Waals surface area (Å²) in [5.41, 5.74) is 3.46. The van der Waals surface area contributed by atoms with Crippen LogP contribution >= 0.6 is 15.9 Å². The van der Waals surface area contributed by atoms with Gasteiger partial charge >= 0.3 is 0 Å². The van der Waals surface area contributed by atoms with Crippen molar-refractivity contribution in [3.8, 4) is 5.82 Å². The zero-order valence-corrected chi connectivity index (χ0v) is 14.0. The Morgan fingerprint density at radius 3 is 2.70 bits per heavy atom. The second kappa shape index (κ2) is 6.50. The minimum Gasteiger partial charge on any atom is -0.312 e. The Hall–Kier alpha value is -1.20.